The first-order valence-corrected chi connectivity index (χ1v) is 9.62. The molecule has 0 bridgehead atoms. The Morgan fingerprint density at radius 3 is 2.10 bits per heavy atom. The molecule has 0 fully saturated rings. The third kappa shape index (κ3) is 3.67. The zero-order valence-corrected chi connectivity index (χ0v) is 16.8. The smallest absolute Gasteiger partial charge is 0.325 e. The average Bonchev–Trinajstić information content (AvgIpc) is 2.74. The van der Waals surface area contributed by atoms with E-state index in [1.165, 1.54) is 4.57 Å². The number of fused-ring (bicyclic) bond motifs is 1. The van der Waals surface area contributed by atoms with Gasteiger partial charge in [0.05, 0.1) is 16.6 Å². The van der Waals surface area contributed by atoms with E-state index in [2.05, 4.69) is 5.32 Å². The first-order valence-electron chi connectivity index (χ1n) is 9.62. The Balaban J connectivity index is 1.81. The SMILES string of the molecule is Cc1ccc(NC(=O)Cn2c(=O)n(-c3ccc(C)cc3)c(=O)c3ccccc32)cc1. The van der Waals surface area contributed by atoms with E-state index < -0.39 is 11.2 Å². The van der Waals surface area contributed by atoms with Gasteiger partial charge in [-0.05, 0) is 50.2 Å². The van der Waals surface area contributed by atoms with Crippen LogP contribution in [-0.4, -0.2) is 15.0 Å². The number of hydrogen-bond donors (Lipinski definition) is 1. The van der Waals surface area contributed by atoms with Gasteiger partial charge in [0.25, 0.3) is 5.56 Å². The van der Waals surface area contributed by atoms with Gasteiger partial charge in [-0.2, -0.15) is 0 Å². The fourth-order valence-corrected chi connectivity index (χ4v) is 3.38. The van der Waals surface area contributed by atoms with Gasteiger partial charge in [-0.25, -0.2) is 9.36 Å². The minimum Gasteiger partial charge on any atom is -0.325 e. The Hall–Kier alpha value is -3.93. The molecule has 1 amide bonds. The lowest BCUT2D eigenvalue weighted by molar-refractivity contribution is -0.116. The van der Waals surface area contributed by atoms with Crippen LogP contribution in [0.2, 0.25) is 0 Å². The molecule has 0 spiro atoms. The van der Waals surface area contributed by atoms with Crippen LogP contribution in [-0.2, 0) is 11.3 Å². The third-order valence-corrected chi connectivity index (χ3v) is 4.98. The maximum Gasteiger partial charge on any atom is 0.336 e. The lowest BCUT2D eigenvalue weighted by Crippen LogP contribution is -2.40. The van der Waals surface area contributed by atoms with Gasteiger partial charge in [0.2, 0.25) is 5.91 Å². The molecular formula is C24H21N3O3. The second-order valence-corrected chi connectivity index (χ2v) is 7.28. The van der Waals surface area contributed by atoms with E-state index in [1.54, 1.807) is 48.5 Å². The minimum atomic E-state index is -0.554. The van der Waals surface area contributed by atoms with Crippen LogP contribution in [0.1, 0.15) is 11.1 Å². The topological polar surface area (TPSA) is 73.1 Å². The van der Waals surface area contributed by atoms with Gasteiger partial charge < -0.3 is 5.32 Å². The first-order chi connectivity index (χ1) is 14.4. The zero-order chi connectivity index (χ0) is 21.3. The number of rotatable bonds is 4. The first kappa shape index (κ1) is 19.4. The molecule has 30 heavy (non-hydrogen) atoms. The summed E-state index contributed by atoms with van der Waals surface area (Å²) in [6.07, 6.45) is 0. The molecule has 1 N–H and O–H groups in total. The standard InChI is InChI=1S/C24H21N3O3/c1-16-7-11-18(12-8-16)25-22(28)15-26-21-6-4-3-5-20(21)23(29)27(24(26)30)19-13-9-17(2)10-14-19/h3-14H,15H2,1-2H3,(H,25,28). The van der Waals surface area contributed by atoms with Crippen molar-refractivity contribution in [2.75, 3.05) is 5.32 Å². The van der Waals surface area contributed by atoms with Crippen LogP contribution in [0.4, 0.5) is 5.69 Å². The Labute approximate surface area is 173 Å². The zero-order valence-electron chi connectivity index (χ0n) is 16.8. The summed E-state index contributed by atoms with van der Waals surface area (Å²) in [7, 11) is 0. The van der Waals surface area contributed by atoms with Crippen molar-refractivity contribution in [2.45, 2.75) is 20.4 Å². The van der Waals surface area contributed by atoms with E-state index in [4.69, 9.17) is 0 Å². The van der Waals surface area contributed by atoms with Gasteiger partial charge in [0, 0.05) is 5.69 Å². The van der Waals surface area contributed by atoms with Crippen molar-refractivity contribution in [3.05, 3.63) is 105 Å². The highest BCUT2D eigenvalue weighted by molar-refractivity contribution is 5.91. The van der Waals surface area contributed by atoms with E-state index in [-0.39, 0.29) is 12.5 Å². The summed E-state index contributed by atoms with van der Waals surface area (Å²) >= 11 is 0. The van der Waals surface area contributed by atoms with E-state index in [9.17, 15) is 14.4 Å². The summed E-state index contributed by atoms with van der Waals surface area (Å²) in [4.78, 5) is 39.0. The number of aryl methyl sites for hydroxylation is 2. The Bertz CT molecular complexity index is 1350. The lowest BCUT2D eigenvalue weighted by atomic mass is 10.2. The molecule has 150 valence electrons. The van der Waals surface area contributed by atoms with Crippen LogP contribution >= 0.6 is 0 Å². The Morgan fingerprint density at radius 2 is 1.43 bits per heavy atom. The highest BCUT2D eigenvalue weighted by Crippen LogP contribution is 2.12. The number of nitrogens with zero attached hydrogens (tertiary/aromatic N) is 2. The van der Waals surface area contributed by atoms with Crippen molar-refractivity contribution in [2.24, 2.45) is 0 Å². The molecule has 6 heteroatoms. The molecule has 0 unspecified atom stereocenters. The van der Waals surface area contributed by atoms with Crippen molar-refractivity contribution in [1.29, 1.82) is 0 Å². The van der Waals surface area contributed by atoms with Crippen LogP contribution in [0, 0.1) is 13.8 Å². The largest absolute Gasteiger partial charge is 0.336 e. The van der Waals surface area contributed by atoms with Crippen LogP contribution in [0.5, 0.6) is 0 Å². The predicted octanol–water partition coefficient (Wildman–Crippen LogP) is 3.41. The number of para-hydroxylation sites is 1. The molecule has 0 saturated carbocycles. The Morgan fingerprint density at radius 1 is 0.833 bits per heavy atom. The van der Waals surface area contributed by atoms with Crippen LogP contribution in [0.3, 0.4) is 0 Å². The second-order valence-electron chi connectivity index (χ2n) is 7.28. The summed E-state index contributed by atoms with van der Waals surface area (Å²) in [6.45, 7) is 3.69. The Kier molecular flexibility index (Phi) is 5.06. The summed E-state index contributed by atoms with van der Waals surface area (Å²) in [6, 6.07) is 21.4. The van der Waals surface area contributed by atoms with E-state index in [0.29, 0.717) is 22.3 Å². The van der Waals surface area contributed by atoms with Crippen molar-refractivity contribution in [3.63, 3.8) is 0 Å². The number of hydrogen-bond acceptors (Lipinski definition) is 3. The molecule has 4 rings (SSSR count). The number of anilines is 1. The van der Waals surface area contributed by atoms with Gasteiger partial charge in [0.1, 0.15) is 6.54 Å². The number of nitrogens with one attached hydrogen (secondary N) is 1. The fourth-order valence-electron chi connectivity index (χ4n) is 3.38. The molecule has 0 atom stereocenters. The van der Waals surface area contributed by atoms with Crippen LogP contribution < -0.4 is 16.6 Å². The highest BCUT2D eigenvalue weighted by atomic mass is 16.2. The highest BCUT2D eigenvalue weighted by Gasteiger charge is 2.16. The van der Waals surface area contributed by atoms with Gasteiger partial charge in [-0.15, -0.1) is 0 Å². The molecule has 0 radical (unpaired) electrons. The van der Waals surface area contributed by atoms with Gasteiger partial charge in [-0.1, -0.05) is 47.5 Å². The monoisotopic (exact) mass is 399 g/mol. The lowest BCUT2D eigenvalue weighted by Gasteiger charge is -2.14. The minimum absolute atomic E-state index is 0.209. The quantitative estimate of drug-likeness (QED) is 0.572. The summed E-state index contributed by atoms with van der Waals surface area (Å²) in [5.74, 6) is -0.347. The van der Waals surface area contributed by atoms with Crippen molar-refractivity contribution in [3.8, 4) is 5.69 Å². The fraction of sp³-hybridized carbons (Fsp3) is 0.125. The van der Waals surface area contributed by atoms with Gasteiger partial charge in [0.15, 0.2) is 0 Å². The summed E-state index contributed by atoms with van der Waals surface area (Å²) < 4.78 is 2.45. The number of benzene rings is 3. The molecule has 0 saturated heterocycles. The normalized spacial score (nSPS) is 10.9. The number of carbonyl (C=O) groups is 1. The second kappa shape index (κ2) is 7.83. The number of amides is 1. The molecule has 3 aromatic carbocycles. The molecule has 0 aliphatic carbocycles. The average molecular weight is 399 g/mol. The predicted molar refractivity (Wildman–Crippen MR) is 118 cm³/mol. The molecule has 0 aliphatic rings. The summed E-state index contributed by atoms with van der Waals surface area (Å²) in [5.41, 5.74) is 2.68. The van der Waals surface area contributed by atoms with Crippen LogP contribution in [0.25, 0.3) is 16.6 Å². The summed E-state index contributed by atoms with van der Waals surface area (Å²) in [5, 5.41) is 3.18. The van der Waals surface area contributed by atoms with Crippen molar-refractivity contribution >= 4 is 22.5 Å². The molecule has 4 aromatic rings. The van der Waals surface area contributed by atoms with Crippen LogP contribution in [0.15, 0.2) is 82.4 Å². The maximum atomic E-state index is 13.3. The third-order valence-electron chi connectivity index (χ3n) is 4.98. The molecule has 6 nitrogen and oxygen atoms in total. The maximum absolute atomic E-state index is 13.3. The number of aromatic nitrogens is 2. The molecular weight excluding hydrogens is 378 g/mol. The number of carbonyl (C=O) groups excluding carboxylic acids is 1. The molecule has 1 heterocycles. The molecule has 0 aliphatic heterocycles. The van der Waals surface area contributed by atoms with Crippen molar-refractivity contribution < 1.29 is 4.79 Å². The van der Waals surface area contributed by atoms with E-state index in [1.807, 2.05) is 38.1 Å². The van der Waals surface area contributed by atoms with Gasteiger partial charge >= 0.3 is 5.69 Å². The molecule has 1 aromatic heterocycles. The van der Waals surface area contributed by atoms with Gasteiger partial charge in [-0.3, -0.25) is 14.2 Å². The van der Waals surface area contributed by atoms with E-state index in [0.717, 1.165) is 15.7 Å². The van der Waals surface area contributed by atoms with E-state index >= 15 is 0 Å². The van der Waals surface area contributed by atoms with Crippen molar-refractivity contribution in [1.82, 2.24) is 9.13 Å².